The molecular weight excluding hydrogens is 342 g/mol. The highest BCUT2D eigenvalue weighted by atomic mass is 19.3. The maximum absolute atomic E-state index is 12.7. The van der Waals surface area contributed by atoms with Crippen LogP contribution in [0.1, 0.15) is 34.8 Å². The van der Waals surface area contributed by atoms with Crippen molar-refractivity contribution in [2.45, 2.75) is 19.9 Å². The lowest BCUT2D eigenvalue weighted by Gasteiger charge is -2.13. The number of carbonyl (C=O) groups is 1. The van der Waals surface area contributed by atoms with Crippen LogP contribution in [0.5, 0.6) is 0 Å². The maximum atomic E-state index is 12.7. The largest absolute Gasteiger partial charge is 0.462 e. The van der Waals surface area contributed by atoms with Gasteiger partial charge >= 0.3 is 5.97 Å². The summed E-state index contributed by atoms with van der Waals surface area (Å²) in [7, 11) is 1.76. The molecule has 1 N–H and O–H groups in total. The van der Waals surface area contributed by atoms with Crippen LogP contribution in [0, 0.1) is 0 Å². The van der Waals surface area contributed by atoms with Crippen molar-refractivity contribution in [2.75, 3.05) is 11.9 Å². The Morgan fingerprint density at radius 1 is 1.27 bits per heavy atom. The van der Waals surface area contributed by atoms with Gasteiger partial charge in [0.15, 0.2) is 5.65 Å². The minimum atomic E-state index is -2.50. The summed E-state index contributed by atoms with van der Waals surface area (Å²) >= 11 is 0. The first-order valence-electron chi connectivity index (χ1n) is 8.10. The zero-order valence-corrected chi connectivity index (χ0v) is 14.4. The number of rotatable bonds is 6. The van der Waals surface area contributed by atoms with E-state index in [0.717, 1.165) is 5.56 Å². The van der Waals surface area contributed by atoms with Crippen molar-refractivity contribution in [1.82, 2.24) is 14.8 Å². The number of alkyl halides is 2. The van der Waals surface area contributed by atoms with E-state index in [9.17, 15) is 13.6 Å². The third kappa shape index (κ3) is 3.49. The maximum Gasteiger partial charge on any atom is 0.341 e. The molecule has 136 valence electrons. The second-order valence-corrected chi connectivity index (χ2v) is 5.67. The molecule has 8 heteroatoms. The number of hydrogen-bond donors (Lipinski definition) is 1. The van der Waals surface area contributed by atoms with Crippen LogP contribution >= 0.6 is 0 Å². The van der Waals surface area contributed by atoms with Gasteiger partial charge in [0.25, 0.3) is 6.43 Å². The number of ether oxygens (including phenoxy) is 1. The number of aryl methyl sites for hydroxylation is 1. The normalized spacial score (nSPS) is 11.1. The molecule has 26 heavy (non-hydrogen) atoms. The predicted molar refractivity (Wildman–Crippen MR) is 93.2 cm³/mol. The van der Waals surface area contributed by atoms with Crippen LogP contribution < -0.4 is 5.32 Å². The molecule has 0 unspecified atom stereocenters. The predicted octanol–water partition coefficient (Wildman–Crippen LogP) is 3.69. The Morgan fingerprint density at radius 2 is 2.00 bits per heavy atom. The Bertz CT molecular complexity index is 923. The van der Waals surface area contributed by atoms with Gasteiger partial charge in [-0.1, -0.05) is 24.3 Å². The molecule has 0 atom stereocenters. The first kappa shape index (κ1) is 17.8. The summed E-state index contributed by atoms with van der Waals surface area (Å²) in [5.41, 5.74) is 2.25. The highest BCUT2D eigenvalue weighted by molar-refractivity contribution is 6.04. The van der Waals surface area contributed by atoms with Crippen molar-refractivity contribution in [3.63, 3.8) is 0 Å². The van der Waals surface area contributed by atoms with Crippen molar-refractivity contribution in [2.24, 2.45) is 7.05 Å². The van der Waals surface area contributed by atoms with Crippen LogP contribution in [0.3, 0.4) is 0 Å². The zero-order chi connectivity index (χ0) is 18.7. The fourth-order valence-corrected chi connectivity index (χ4v) is 2.62. The van der Waals surface area contributed by atoms with E-state index in [4.69, 9.17) is 4.74 Å². The van der Waals surface area contributed by atoms with Gasteiger partial charge < -0.3 is 10.1 Å². The lowest BCUT2D eigenvalue weighted by Crippen LogP contribution is -2.11. The molecule has 0 aliphatic carbocycles. The highest BCUT2D eigenvalue weighted by Gasteiger charge is 2.18. The molecule has 0 aliphatic heterocycles. The minimum Gasteiger partial charge on any atom is -0.462 e. The number of carbonyl (C=O) groups excluding carboxylic acids is 1. The fourth-order valence-electron chi connectivity index (χ4n) is 2.62. The Kier molecular flexibility index (Phi) is 5.11. The number of aromatic nitrogens is 3. The van der Waals surface area contributed by atoms with E-state index in [0.29, 0.717) is 28.8 Å². The van der Waals surface area contributed by atoms with E-state index in [1.54, 1.807) is 37.0 Å². The van der Waals surface area contributed by atoms with Crippen LogP contribution in [-0.2, 0) is 18.3 Å². The highest BCUT2D eigenvalue weighted by Crippen LogP contribution is 2.27. The number of anilines is 1. The summed E-state index contributed by atoms with van der Waals surface area (Å²) in [5.74, 6) is -0.485. The van der Waals surface area contributed by atoms with Gasteiger partial charge in [-0.15, -0.1) is 0 Å². The van der Waals surface area contributed by atoms with Crippen LogP contribution in [0.2, 0.25) is 0 Å². The third-order valence-corrected chi connectivity index (χ3v) is 3.96. The number of nitrogens with one attached hydrogen (secondary N) is 1. The monoisotopic (exact) mass is 360 g/mol. The molecule has 6 nitrogen and oxygen atoms in total. The van der Waals surface area contributed by atoms with Gasteiger partial charge in [-0.05, 0) is 12.5 Å². The molecule has 3 aromatic rings. The second-order valence-electron chi connectivity index (χ2n) is 5.67. The molecule has 2 aromatic heterocycles. The van der Waals surface area contributed by atoms with Crippen LogP contribution in [0.25, 0.3) is 11.0 Å². The van der Waals surface area contributed by atoms with E-state index < -0.39 is 12.4 Å². The average molecular weight is 360 g/mol. The Labute approximate surface area is 148 Å². The van der Waals surface area contributed by atoms with E-state index in [1.165, 1.54) is 18.3 Å². The van der Waals surface area contributed by atoms with Crippen LogP contribution in [0.15, 0.2) is 36.7 Å². The SMILES string of the molecule is CCOC(=O)c1cnc2c(cnn2C)c1NCc1ccc(C(F)F)cc1. The van der Waals surface area contributed by atoms with Gasteiger partial charge in [-0.2, -0.15) is 5.10 Å². The molecule has 0 bridgehead atoms. The van der Waals surface area contributed by atoms with Crippen molar-refractivity contribution in [3.8, 4) is 0 Å². The molecule has 3 rings (SSSR count). The standard InChI is InChI=1S/C18H18F2N4O2/c1-3-26-18(25)14-9-22-17-13(10-23-24(17)2)15(14)21-8-11-4-6-12(7-5-11)16(19)20/h4-7,9-10,16H,3,8H2,1-2H3,(H,21,22). The number of halogens is 2. The molecule has 0 amide bonds. The van der Waals surface area contributed by atoms with Gasteiger partial charge in [0, 0.05) is 25.4 Å². The number of nitrogens with zero attached hydrogens (tertiary/aromatic N) is 3. The average Bonchev–Trinajstić information content (AvgIpc) is 3.01. The van der Waals surface area contributed by atoms with Gasteiger partial charge in [0.05, 0.1) is 23.9 Å². The van der Waals surface area contributed by atoms with Crippen molar-refractivity contribution < 1.29 is 18.3 Å². The summed E-state index contributed by atoms with van der Waals surface area (Å²) in [6, 6.07) is 6.03. The Morgan fingerprint density at radius 3 is 2.65 bits per heavy atom. The summed E-state index contributed by atoms with van der Waals surface area (Å²) in [6.45, 7) is 2.33. The smallest absolute Gasteiger partial charge is 0.341 e. The Balaban J connectivity index is 1.91. The van der Waals surface area contributed by atoms with Gasteiger partial charge in [0.1, 0.15) is 5.56 Å². The van der Waals surface area contributed by atoms with Crippen LogP contribution in [-0.4, -0.2) is 27.3 Å². The van der Waals surface area contributed by atoms with Crippen molar-refractivity contribution in [3.05, 3.63) is 53.3 Å². The molecule has 0 fully saturated rings. The van der Waals surface area contributed by atoms with E-state index in [1.807, 2.05) is 0 Å². The lowest BCUT2D eigenvalue weighted by molar-refractivity contribution is 0.0527. The number of pyridine rings is 1. The molecule has 0 spiro atoms. The molecule has 0 saturated heterocycles. The van der Waals surface area contributed by atoms with E-state index >= 15 is 0 Å². The Hall–Kier alpha value is -3.03. The van der Waals surface area contributed by atoms with E-state index in [-0.39, 0.29) is 12.2 Å². The molecule has 0 saturated carbocycles. The summed E-state index contributed by atoms with van der Waals surface area (Å²) < 4.78 is 32.0. The fraction of sp³-hybridized carbons (Fsp3) is 0.278. The van der Waals surface area contributed by atoms with Crippen molar-refractivity contribution in [1.29, 1.82) is 0 Å². The van der Waals surface area contributed by atoms with E-state index in [2.05, 4.69) is 15.4 Å². The molecular formula is C18H18F2N4O2. The van der Waals surface area contributed by atoms with Gasteiger partial charge in [0.2, 0.25) is 0 Å². The number of hydrogen-bond acceptors (Lipinski definition) is 5. The molecule has 2 heterocycles. The zero-order valence-electron chi connectivity index (χ0n) is 14.4. The second kappa shape index (κ2) is 7.47. The number of esters is 1. The topological polar surface area (TPSA) is 69.0 Å². The quantitative estimate of drug-likeness (QED) is 0.679. The summed E-state index contributed by atoms with van der Waals surface area (Å²) in [6.07, 6.45) is 0.569. The molecule has 0 radical (unpaired) electrons. The summed E-state index contributed by atoms with van der Waals surface area (Å²) in [5, 5.41) is 8.04. The third-order valence-electron chi connectivity index (χ3n) is 3.96. The lowest BCUT2D eigenvalue weighted by atomic mass is 10.1. The van der Waals surface area contributed by atoms with Crippen LogP contribution in [0.4, 0.5) is 14.5 Å². The number of benzene rings is 1. The summed E-state index contributed by atoms with van der Waals surface area (Å²) in [4.78, 5) is 16.5. The van der Waals surface area contributed by atoms with Gasteiger partial charge in [-0.3, -0.25) is 4.68 Å². The van der Waals surface area contributed by atoms with Crippen molar-refractivity contribution >= 4 is 22.7 Å². The molecule has 0 aliphatic rings. The first-order chi connectivity index (χ1) is 12.5. The molecule has 1 aromatic carbocycles. The van der Waals surface area contributed by atoms with Gasteiger partial charge in [-0.25, -0.2) is 18.6 Å². The number of fused-ring (bicyclic) bond motifs is 1. The first-order valence-corrected chi connectivity index (χ1v) is 8.10. The minimum absolute atomic E-state index is 0.0282.